The highest BCUT2D eigenvalue weighted by Gasteiger charge is 2.30. The average molecular weight is 309 g/mol. The maximum atomic E-state index is 12.6. The fraction of sp³-hybridized carbons (Fsp3) is 0.294. The van der Waals surface area contributed by atoms with Gasteiger partial charge in [0.2, 0.25) is 0 Å². The van der Waals surface area contributed by atoms with Crippen molar-refractivity contribution in [2.75, 3.05) is 6.54 Å². The number of halogens is 3. The van der Waals surface area contributed by atoms with Crippen LogP contribution in [-0.2, 0) is 6.18 Å². The third-order valence-corrected chi connectivity index (χ3v) is 3.30. The van der Waals surface area contributed by atoms with Crippen molar-refractivity contribution >= 4 is 0 Å². The monoisotopic (exact) mass is 309 g/mol. The van der Waals surface area contributed by atoms with Crippen molar-refractivity contribution in [3.05, 3.63) is 65.7 Å². The van der Waals surface area contributed by atoms with E-state index in [2.05, 4.69) is 0 Å². The smallest absolute Gasteiger partial charge is 0.416 e. The number of benzene rings is 2. The van der Waals surface area contributed by atoms with Crippen molar-refractivity contribution < 1.29 is 17.9 Å². The molecule has 0 aliphatic heterocycles. The summed E-state index contributed by atoms with van der Waals surface area (Å²) < 4.78 is 43.5. The summed E-state index contributed by atoms with van der Waals surface area (Å²) in [6.45, 7) is 0.541. The first-order valence-electron chi connectivity index (χ1n) is 7.09. The zero-order valence-electron chi connectivity index (χ0n) is 12.0. The van der Waals surface area contributed by atoms with E-state index in [-0.39, 0.29) is 6.10 Å². The van der Waals surface area contributed by atoms with E-state index in [9.17, 15) is 13.2 Å². The van der Waals surface area contributed by atoms with Gasteiger partial charge in [0.15, 0.2) is 0 Å². The largest absolute Gasteiger partial charge is 0.486 e. The van der Waals surface area contributed by atoms with Crippen molar-refractivity contribution in [2.45, 2.75) is 25.1 Å². The van der Waals surface area contributed by atoms with Gasteiger partial charge in [0.1, 0.15) is 11.9 Å². The molecule has 0 aliphatic rings. The Morgan fingerprint density at radius 2 is 1.59 bits per heavy atom. The van der Waals surface area contributed by atoms with Gasteiger partial charge in [-0.25, -0.2) is 0 Å². The molecule has 0 spiro atoms. The van der Waals surface area contributed by atoms with E-state index in [0.717, 1.165) is 24.1 Å². The molecule has 0 aliphatic carbocycles. The molecular formula is C17H18F3NO. The molecule has 0 radical (unpaired) electrons. The van der Waals surface area contributed by atoms with Gasteiger partial charge in [0, 0.05) is 0 Å². The summed E-state index contributed by atoms with van der Waals surface area (Å²) in [5, 5.41) is 0. The molecule has 2 aromatic rings. The lowest BCUT2D eigenvalue weighted by Crippen LogP contribution is -2.11. The Kier molecular flexibility index (Phi) is 5.44. The lowest BCUT2D eigenvalue weighted by atomic mass is 10.0. The maximum Gasteiger partial charge on any atom is 0.416 e. The van der Waals surface area contributed by atoms with Crippen LogP contribution in [0.5, 0.6) is 5.75 Å². The van der Waals surface area contributed by atoms with Gasteiger partial charge in [0.05, 0.1) is 5.56 Å². The Labute approximate surface area is 127 Å². The minimum Gasteiger partial charge on any atom is -0.486 e. The van der Waals surface area contributed by atoms with E-state index >= 15 is 0 Å². The number of alkyl halides is 3. The van der Waals surface area contributed by atoms with Gasteiger partial charge in [0.25, 0.3) is 0 Å². The summed E-state index contributed by atoms with van der Waals surface area (Å²) in [7, 11) is 0. The Hall–Kier alpha value is -2.01. The summed E-state index contributed by atoms with van der Waals surface area (Å²) in [4.78, 5) is 0. The second kappa shape index (κ2) is 7.31. The van der Waals surface area contributed by atoms with Crippen LogP contribution in [0.2, 0.25) is 0 Å². The standard InChI is InChI=1S/C17H18F3NO/c18-17(19,20)14-8-10-15(11-9-14)22-16(7-4-12-21)13-5-2-1-3-6-13/h1-3,5-6,8-11,16H,4,7,12,21H2. The normalized spacial score (nSPS) is 12.9. The predicted octanol–water partition coefficient (Wildman–Crippen LogP) is 4.56. The Morgan fingerprint density at radius 1 is 0.955 bits per heavy atom. The maximum absolute atomic E-state index is 12.6. The number of hydrogen-bond acceptors (Lipinski definition) is 2. The molecule has 118 valence electrons. The van der Waals surface area contributed by atoms with E-state index in [0.29, 0.717) is 18.7 Å². The third-order valence-electron chi connectivity index (χ3n) is 3.30. The number of rotatable bonds is 6. The first kappa shape index (κ1) is 16.4. The number of hydrogen-bond donors (Lipinski definition) is 1. The van der Waals surface area contributed by atoms with Gasteiger partial charge >= 0.3 is 6.18 Å². The van der Waals surface area contributed by atoms with E-state index < -0.39 is 11.7 Å². The molecule has 0 amide bonds. The van der Waals surface area contributed by atoms with Gasteiger partial charge in [-0.15, -0.1) is 0 Å². The number of ether oxygens (including phenoxy) is 1. The summed E-state index contributed by atoms with van der Waals surface area (Å²) >= 11 is 0. The predicted molar refractivity (Wildman–Crippen MR) is 79.5 cm³/mol. The van der Waals surface area contributed by atoms with E-state index in [1.807, 2.05) is 30.3 Å². The van der Waals surface area contributed by atoms with Gasteiger partial charge < -0.3 is 10.5 Å². The van der Waals surface area contributed by atoms with Crippen LogP contribution in [0.25, 0.3) is 0 Å². The van der Waals surface area contributed by atoms with E-state index in [4.69, 9.17) is 10.5 Å². The minimum atomic E-state index is -4.34. The Morgan fingerprint density at radius 3 is 2.14 bits per heavy atom. The molecule has 5 heteroatoms. The van der Waals surface area contributed by atoms with Gasteiger partial charge in [-0.3, -0.25) is 0 Å². The summed E-state index contributed by atoms with van der Waals surface area (Å²) in [5.74, 6) is 0.416. The molecule has 2 aromatic carbocycles. The van der Waals surface area contributed by atoms with Crippen molar-refractivity contribution in [1.29, 1.82) is 0 Å². The molecule has 2 N–H and O–H groups in total. The lowest BCUT2D eigenvalue weighted by molar-refractivity contribution is -0.137. The zero-order chi connectivity index (χ0) is 16.0. The van der Waals surface area contributed by atoms with E-state index in [1.54, 1.807) is 0 Å². The van der Waals surface area contributed by atoms with Gasteiger partial charge in [-0.05, 0) is 49.2 Å². The molecule has 0 saturated carbocycles. The topological polar surface area (TPSA) is 35.2 Å². The molecule has 2 nitrogen and oxygen atoms in total. The summed E-state index contributed by atoms with van der Waals surface area (Å²) in [6.07, 6.45) is -3.07. The van der Waals surface area contributed by atoms with Crippen LogP contribution in [0.4, 0.5) is 13.2 Å². The van der Waals surface area contributed by atoms with Crippen LogP contribution < -0.4 is 10.5 Å². The quantitative estimate of drug-likeness (QED) is 0.848. The second-order valence-electron chi connectivity index (χ2n) is 4.97. The Balaban J connectivity index is 2.13. The molecule has 2 rings (SSSR count). The highest BCUT2D eigenvalue weighted by atomic mass is 19.4. The molecule has 0 saturated heterocycles. The average Bonchev–Trinajstić information content (AvgIpc) is 2.52. The van der Waals surface area contributed by atoms with Crippen LogP contribution in [-0.4, -0.2) is 6.54 Å². The van der Waals surface area contributed by atoms with Crippen molar-refractivity contribution in [3.63, 3.8) is 0 Å². The molecule has 0 bridgehead atoms. The summed E-state index contributed by atoms with van der Waals surface area (Å²) in [5.41, 5.74) is 5.84. The minimum absolute atomic E-state index is 0.221. The lowest BCUT2D eigenvalue weighted by Gasteiger charge is -2.20. The highest BCUT2D eigenvalue weighted by Crippen LogP contribution is 2.32. The molecule has 1 unspecified atom stereocenters. The molecule has 0 heterocycles. The van der Waals surface area contributed by atoms with Gasteiger partial charge in [-0.1, -0.05) is 30.3 Å². The molecule has 22 heavy (non-hydrogen) atoms. The highest BCUT2D eigenvalue weighted by molar-refractivity contribution is 5.30. The molecule has 1 atom stereocenters. The summed E-state index contributed by atoms with van der Waals surface area (Å²) in [6, 6.07) is 14.3. The number of nitrogens with two attached hydrogens (primary N) is 1. The zero-order valence-corrected chi connectivity index (χ0v) is 12.0. The second-order valence-corrected chi connectivity index (χ2v) is 4.97. The van der Waals surface area contributed by atoms with Crippen molar-refractivity contribution in [3.8, 4) is 5.75 Å². The molecular weight excluding hydrogens is 291 g/mol. The van der Waals surface area contributed by atoms with E-state index in [1.165, 1.54) is 12.1 Å². The molecule has 0 aromatic heterocycles. The van der Waals surface area contributed by atoms with Crippen LogP contribution in [0.1, 0.15) is 30.1 Å². The first-order chi connectivity index (χ1) is 10.5. The van der Waals surface area contributed by atoms with Crippen molar-refractivity contribution in [2.24, 2.45) is 5.73 Å². The molecule has 0 fully saturated rings. The fourth-order valence-corrected chi connectivity index (χ4v) is 2.15. The Bertz CT molecular complexity index is 567. The fourth-order valence-electron chi connectivity index (χ4n) is 2.15. The SMILES string of the molecule is NCCCC(Oc1ccc(C(F)(F)F)cc1)c1ccccc1. The first-order valence-corrected chi connectivity index (χ1v) is 7.09. The van der Waals surface area contributed by atoms with Crippen LogP contribution in [0.3, 0.4) is 0 Å². The van der Waals surface area contributed by atoms with Crippen molar-refractivity contribution in [1.82, 2.24) is 0 Å². The third kappa shape index (κ3) is 4.49. The van der Waals surface area contributed by atoms with Crippen LogP contribution in [0.15, 0.2) is 54.6 Å². The van der Waals surface area contributed by atoms with Crippen LogP contribution >= 0.6 is 0 Å². The van der Waals surface area contributed by atoms with Gasteiger partial charge in [-0.2, -0.15) is 13.2 Å². The van der Waals surface area contributed by atoms with Crippen LogP contribution in [0, 0.1) is 0 Å².